The highest BCUT2D eigenvalue weighted by atomic mass is 28.4. The molecule has 0 N–H and O–H groups in total. The normalized spacial score (nSPS) is 21.9. The van der Waals surface area contributed by atoms with Crippen LogP contribution in [-0.4, -0.2) is 92.2 Å². The summed E-state index contributed by atoms with van der Waals surface area (Å²) in [4.78, 5) is 0. The minimum atomic E-state index is -1.84. The van der Waals surface area contributed by atoms with Gasteiger partial charge in [0.15, 0.2) is 8.32 Å². The van der Waals surface area contributed by atoms with Crippen LogP contribution in [0.2, 0.25) is 18.1 Å². The third-order valence-electron chi connectivity index (χ3n) is 13.7. The first kappa shape index (κ1) is 55.1. The molecule has 3 fully saturated rings. The first-order valence-corrected chi connectivity index (χ1v) is 28.8. The van der Waals surface area contributed by atoms with Gasteiger partial charge in [0.25, 0.3) is 0 Å². The molecule has 0 aromatic rings. The van der Waals surface area contributed by atoms with Crippen LogP contribution in [0.4, 0.5) is 0 Å². The molecule has 0 saturated carbocycles. The van der Waals surface area contributed by atoms with Crippen molar-refractivity contribution < 1.29 is 32.8 Å². The van der Waals surface area contributed by atoms with Crippen LogP contribution in [0.3, 0.4) is 0 Å². The summed E-state index contributed by atoms with van der Waals surface area (Å²) in [6, 6.07) is 3.86. The van der Waals surface area contributed by atoms with Crippen molar-refractivity contribution in [3.05, 3.63) is 0 Å². The summed E-state index contributed by atoms with van der Waals surface area (Å²) in [5, 5.41) is 0. The van der Waals surface area contributed by atoms with Crippen molar-refractivity contribution in [1.29, 1.82) is 0 Å². The molecule has 3 rings (SSSR count). The first-order valence-electron chi connectivity index (χ1n) is 26.2. The summed E-state index contributed by atoms with van der Waals surface area (Å²) < 4.78 is 42.3. The second-order valence-corrected chi connectivity index (χ2v) is 22.6. The smallest absolute Gasteiger partial charge is 0.193 e. The van der Waals surface area contributed by atoms with E-state index in [4.69, 9.17) is 32.8 Å². The zero-order chi connectivity index (χ0) is 42.7. The van der Waals surface area contributed by atoms with Crippen molar-refractivity contribution in [2.45, 2.75) is 252 Å². The largest absolute Gasteiger partial charge is 0.417 e. The molecule has 0 amide bonds. The lowest BCUT2D eigenvalue weighted by atomic mass is 9.94. The Morgan fingerprint density at radius 1 is 0.475 bits per heavy atom. The lowest BCUT2D eigenvalue weighted by molar-refractivity contribution is -0.103. The number of ether oxygens (including phenoxy) is 6. The van der Waals surface area contributed by atoms with Crippen LogP contribution in [0.5, 0.6) is 0 Å². The maximum Gasteiger partial charge on any atom is 0.193 e. The molecule has 0 aromatic carbocycles. The molecule has 0 spiro atoms. The van der Waals surface area contributed by atoms with Crippen LogP contribution < -0.4 is 0 Å². The van der Waals surface area contributed by atoms with E-state index in [-0.39, 0.29) is 0 Å². The van der Waals surface area contributed by atoms with Crippen LogP contribution in [0.15, 0.2) is 0 Å². The Hall–Kier alpha value is -0.0631. The number of hydrogen-bond donors (Lipinski definition) is 0. The molecule has 0 aromatic heterocycles. The summed E-state index contributed by atoms with van der Waals surface area (Å²) in [6.07, 6.45) is 34.1. The van der Waals surface area contributed by atoms with Gasteiger partial charge in [-0.05, 0) is 102 Å². The molecule has 0 radical (unpaired) electrons. The Kier molecular flexibility index (Phi) is 34.8. The maximum absolute atomic E-state index is 6.86. The minimum absolute atomic E-state index is 0.440. The highest BCUT2D eigenvalue weighted by Gasteiger charge is 2.40. The molecule has 7 nitrogen and oxygen atoms in total. The van der Waals surface area contributed by atoms with Gasteiger partial charge in [-0.15, -0.1) is 0 Å². The van der Waals surface area contributed by atoms with E-state index in [2.05, 4.69) is 48.5 Å². The van der Waals surface area contributed by atoms with Gasteiger partial charge in [-0.2, -0.15) is 0 Å². The van der Waals surface area contributed by atoms with Crippen molar-refractivity contribution in [2.24, 2.45) is 17.8 Å². The van der Waals surface area contributed by atoms with Gasteiger partial charge in [-0.3, -0.25) is 0 Å². The van der Waals surface area contributed by atoms with Crippen LogP contribution in [0.1, 0.15) is 209 Å². The summed E-state index contributed by atoms with van der Waals surface area (Å²) >= 11 is 0. The molecule has 8 heteroatoms. The molecule has 59 heavy (non-hydrogen) atoms. The minimum Gasteiger partial charge on any atom is -0.417 e. The van der Waals surface area contributed by atoms with Crippen LogP contribution >= 0.6 is 0 Å². The molecule has 0 aliphatic carbocycles. The third kappa shape index (κ3) is 25.1. The third-order valence-corrected chi connectivity index (χ3v) is 18.4. The predicted molar refractivity (Wildman–Crippen MR) is 252 cm³/mol. The highest BCUT2D eigenvalue weighted by molar-refractivity contribution is 6.73. The average molecular weight is 855 g/mol. The molecule has 3 aliphatic heterocycles. The number of rotatable bonds is 41. The van der Waals surface area contributed by atoms with E-state index in [1.807, 2.05) is 0 Å². The average Bonchev–Trinajstić information content (AvgIpc) is 3.17. The highest BCUT2D eigenvalue weighted by Crippen LogP contribution is 2.38. The number of hydrogen-bond acceptors (Lipinski definition) is 7. The van der Waals surface area contributed by atoms with Crippen LogP contribution in [0, 0.1) is 17.8 Å². The fourth-order valence-electron chi connectivity index (χ4n) is 9.58. The van der Waals surface area contributed by atoms with Crippen molar-refractivity contribution >= 4 is 8.32 Å². The fraction of sp³-hybridized carbons (Fsp3) is 1.00. The predicted octanol–water partition coefficient (Wildman–Crippen LogP) is 14.3. The molecule has 7 unspecified atom stereocenters. The molecular weight excluding hydrogens is 753 g/mol. The van der Waals surface area contributed by atoms with E-state index in [1.54, 1.807) is 0 Å². The molecule has 352 valence electrons. The summed E-state index contributed by atoms with van der Waals surface area (Å²) in [6.45, 7) is 23.8. The van der Waals surface area contributed by atoms with Crippen molar-refractivity contribution in [1.82, 2.24) is 0 Å². The Balaban J connectivity index is 0.000000561. The number of unbranched alkanes of at least 4 members (excludes halogenated alkanes) is 12. The maximum atomic E-state index is 6.86. The van der Waals surface area contributed by atoms with Crippen LogP contribution in [-0.2, 0) is 32.8 Å². The lowest BCUT2D eigenvalue weighted by Gasteiger charge is -2.40. The molecular formula is C51H102O7Si. The van der Waals surface area contributed by atoms with Gasteiger partial charge in [-0.1, -0.05) is 131 Å². The monoisotopic (exact) mass is 855 g/mol. The van der Waals surface area contributed by atoms with Gasteiger partial charge in [0.2, 0.25) is 0 Å². The second kappa shape index (κ2) is 37.3. The first-order chi connectivity index (χ1) is 29.0. The zero-order valence-corrected chi connectivity index (χ0v) is 41.6. The quantitative estimate of drug-likeness (QED) is 0.0448. The topological polar surface area (TPSA) is 64.6 Å². The molecule has 0 bridgehead atoms. The van der Waals surface area contributed by atoms with Crippen LogP contribution in [0.25, 0.3) is 0 Å². The van der Waals surface area contributed by atoms with E-state index in [9.17, 15) is 0 Å². The zero-order valence-electron chi connectivity index (χ0n) is 40.6. The van der Waals surface area contributed by atoms with Gasteiger partial charge in [0.1, 0.15) is 0 Å². The summed E-state index contributed by atoms with van der Waals surface area (Å²) in [7, 11) is -1.84. The van der Waals surface area contributed by atoms with E-state index in [0.29, 0.717) is 42.2 Å². The van der Waals surface area contributed by atoms with Gasteiger partial charge < -0.3 is 32.8 Å². The van der Waals surface area contributed by atoms with Gasteiger partial charge in [-0.25, -0.2) is 0 Å². The van der Waals surface area contributed by atoms with Gasteiger partial charge in [0, 0.05) is 58.1 Å². The van der Waals surface area contributed by atoms with E-state index in [1.165, 1.54) is 153 Å². The van der Waals surface area contributed by atoms with Crippen molar-refractivity contribution in [3.63, 3.8) is 0 Å². The molecule has 3 saturated heterocycles. The van der Waals surface area contributed by atoms with E-state index < -0.39 is 8.32 Å². The van der Waals surface area contributed by atoms with Crippen molar-refractivity contribution in [3.8, 4) is 0 Å². The van der Waals surface area contributed by atoms with E-state index >= 15 is 0 Å². The van der Waals surface area contributed by atoms with Gasteiger partial charge >= 0.3 is 0 Å². The Morgan fingerprint density at radius 2 is 0.915 bits per heavy atom. The Labute approximate surface area is 368 Å². The Morgan fingerprint density at radius 3 is 1.34 bits per heavy atom. The van der Waals surface area contributed by atoms with Gasteiger partial charge in [0.05, 0.1) is 37.6 Å². The van der Waals surface area contributed by atoms with E-state index in [0.717, 1.165) is 85.1 Å². The lowest BCUT2D eigenvalue weighted by Crippen LogP contribution is -2.45. The molecule has 3 heterocycles. The van der Waals surface area contributed by atoms with Crippen molar-refractivity contribution in [2.75, 3.05) is 59.5 Å². The summed E-state index contributed by atoms with van der Waals surface area (Å²) in [5.41, 5.74) is 0. The second-order valence-electron chi connectivity index (χ2n) is 18.6. The Bertz CT molecular complexity index is 861. The molecule has 7 atom stereocenters. The molecule has 3 aliphatic rings. The standard InChI is InChI=1S/C34H66O6Si.C17H36O/c1-5-15-31(34-18-23-39-34)28-41(40-8-4,24-13-9-11-19-35-26-29(6-2)32-16-21-37-32)25-14-10-12-20-36-27-30(7-3)33-17-22-38-33;1-4-7-9-10-11-12-14-16-17(18-6-3)15-13-8-5-2/h29-34H,5-28H2,1-4H3;17H,4-16H2,1-3H3. The SMILES string of the molecule is CCCC(C[Si](CCCCCOCC(CC)C1CCO1)(CCCCCOCC(CC)C1CCO1)OCC)C1CCO1.CCCCCCCCCC(CCCCC)OCC. The fourth-order valence-corrected chi connectivity index (χ4v) is 14.5. The summed E-state index contributed by atoms with van der Waals surface area (Å²) in [5.74, 6) is 1.82.